The van der Waals surface area contributed by atoms with Crippen molar-refractivity contribution in [2.45, 2.75) is 38.3 Å². The lowest BCUT2D eigenvalue weighted by molar-refractivity contribution is 0.346. The van der Waals surface area contributed by atoms with E-state index in [2.05, 4.69) is 27.1 Å². The quantitative estimate of drug-likeness (QED) is 0.839. The van der Waals surface area contributed by atoms with Gasteiger partial charge in [-0.05, 0) is 50.4 Å². The van der Waals surface area contributed by atoms with Crippen LogP contribution in [0.25, 0.3) is 0 Å². The number of halogens is 1. The van der Waals surface area contributed by atoms with Crippen LogP contribution in [0.2, 0.25) is 5.02 Å². The van der Waals surface area contributed by atoms with E-state index in [9.17, 15) is 0 Å². The van der Waals surface area contributed by atoms with Gasteiger partial charge < -0.3 is 15.1 Å². The number of rotatable bonds is 7. The second kappa shape index (κ2) is 6.95. The molecule has 1 aromatic heterocycles. The molecular formula is C16H25ClN4. The summed E-state index contributed by atoms with van der Waals surface area (Å²) >= 11 is 6.41. The van der Waals surface area contributed by atoms with E-state index in [1.54, 1.807) is 0 Å². The lowest BCUT2D eigenvalue weighted by atomic mass is 10.2. The van der Waals surface area contributed by atoms with E-state index >= 15 is 0 Å². The summed E-state index contributed by atoms with van der Waals surface area (Å²) in [6, 6.07) is 2.76. The summed E-state index contributed by atoms with van der Waals surface area (Å²) in [5, 5.41) is 4.25. The number of hydrogen-bond donors (Lipinski definition) is 1. The second-order valence-corrected chi connectivity index (χ2v) is 6.68. The van der Waals surface area contributed by atoms with Crippen LogP contribution in [0.4, 0.5) is 5.82 Å². The largest absolute Gasteiger partial charge is 0.357 e. The molecule has 0 aromatic carbocycles. The third kappa shape index (κ3) is 4.31. The van der Waals surface area contributed by atoms with Crippen molar-refractivity contribution in [2.75, 3.05) is 38.1 Å². The number of nitrogens with one attached hydrogen (secondary N) is 1. The summed E-state index contributed by atoms with van der Waals surface area (Å²) in [7, 11) is 2.08. The Hall–Kier alpha value is -0.840. The molecule has 0 amide bonds. The summed E-state index contributed by atoms with van der Waals surface area (Å²) in [5.41, 5.74) is 1.17. The zero-order chi connectivity index (χ0) is 14.7. The van der Waals surface area contributed by atoms with Gasteiger partial charge in [0.15, 0.2) is 0 Å². The van der Waals surface area contributed by atoms with Crippen molar-refractivity contribution in [1.82, 2.24) is 15.2 Å². The smallest absolute Gasteiger partial charge is 0.147 e. The number of anilines is 1. The van der Waals surface area contributed by atoms with Crippen molar-refractivity contribution < 1.29 is 0 Å². The Labute approximate surface area is 132 Å². The molecule has 2 fully saturated rings. The van der Waals surface area contributed by atoms with Crippen LogP contribution in [-0.2, 0) is 6.54 Å². The third-order valence-electron chi connectivity index (χ3n) is 4.36. The molecule has 0 spiro atoms. The molecular weight excluding hydrogens is 284 g/mol. The average Bonchev–Trinajstić information content (AvgIpc) is 3.16. The first-order valence-electron chi connectivity index (χ1n) is 8.03. The first kappa shape index (κ1) is 15.1. The van der Waals surface area contributed by atoms with Gasteiger partial charge in [-0.3, -0.25) is 0 Å². The second-order valence-electron chi connectivity index (χ2n) is 6.27. The molecule has 0 bridgehead atoms. The Bertz CT molecular complexity index is 469. The van der Waals surface area contributed by atoms with Gasteiger partial charge in [-0.25, -0.2) is 4.98 Å². The summed E-state index contributed by atoms with van der Waals surface area (Å²) in [4.78, 5) is 9.23. The van der Waals surface area contributed by atoms with Gasteiger partial charge >= 0.3 is 0 Å². The van der Waals surface area contributed by atoms with E-state index < -0.39 is 0 Å². The van der Waals surface area contributed by atoms with E-state index in [-0.39, 0.29) is 0 Å². The predicted octanol–water partition coefficient (Wildman–Crippen LogP) is 2.52. The highest BCUT2D eigenvalue weighted by molar-refractivity contribution is 6.33. The molecule has 3 rings (SSSR count). The average molecular weight is 309 g/mol. The van der Waals surface area contributed by atoms with Crippen LogP contribution in [0.3, 0.4) is 0 Å². The van der Waals surface area contributed by atoms with Gasteiger partial charge in [-0.1, -0.05) is 11.6 Å². The summed E-state index contributed by atoms with van der Waals surface area (Å²) in [5.74, 6) is 0.894. The molecule has 4 nitrogen and oxygen atoms in total. The summed E-state index contributed by atoms with van der Waals surface area (Å²) < 4.78 is 0. The monoisotopic (exact) mass is 308 g/mol. The molecule has 1 aliphatic heterocycles. The number of likely N-dealkylation sites (tertiary alicyclic amines) is 1. The van der Waals surface area contributed by atoms with Crippen molar-refractivity contribution in [2.24, 2.45) is 0 Å². The molecule has 1 saturated carbocycles. The van der Waals surface area contributed by atoms with Crippen molar-refractivity contribution in [1.29, 1.82) is 0 Å². The Morgan fingerprint density at radius 1 is 1.38 bits per heavy atom. The van der Waals surface area contributed by atoms with Crippen LogP contribution in [0.15, 0.2) is 12.3 Å². The molecule has 21 heavy (non-hydrogen) atoms. The molecule has 5 heteroatoms. The summed E-state index contributed by atoms with van der Waals surface area (Å²) in [6.45, 7) is 5.42. The van der Waals surface area contributed by atoms with Crippen molar-refractivity contribution in [3.05, 3.63) is 22.8 Å². The first-order valence-corrected chi connectivity index (χ1v) is 8.41. The molecule has 0 atom stereocenters. The molecule has 1 aromatic rings. The molecule has 1 saturated heterocycles. The van der Waals surface area contributed by atoms with E-state index in [4.69, 9.17) is 11.6 Å². The van der Waals surface area contributed by atoms with Crippen LogP contribution in [-0.4, -0.2) is 49.2 Å². The van der Waals surface area contributed by atoms with Crippen LogP contribution in [0.1, 0.15) is 31.2 Å². The van der Waals surface area contributed by atoms with E-state index in [0.717, 1.165) is 30.5 Å². The normalized spacial score (nSPS) is 19.1. The zero-order valence-electron chi connectivity index (χ0n) is 12.8. The van der Waals surface area contributed by atoms with Gasteiger partial charge in [0.25, 0.3) is 0 Å². The molecule has 1 N–H and O–H groups in total. The molecule has 2 aliphatic rings. The minimum Gasteiger partial charge on any atom is -0.357 e. The zero-order valence-corrected chi connectivity index (χ0v) is 13.6. The SMILES string of the molecule is CN(CCN1CCCC1)c1ncc(CNC2CC2)cc1Cl. The van der Waals surface area contributed by atoms with Crippen LogP contribution in [0.5, 0.6) is 0 Å². The summed E-state index contributed by atoms with van der Waals surface area (Å²) in [6.07, 6.45) is 7.23. The fourth-order valence-corrected chi connectivity index (χ4v) is 3.13. The lowest BCUT2D eigenvalue weighted by Crippen LogP contribution is -2.32. The maximum absolute atomic E-state index is 6.41. The Morgan fingerprint density at radius 2 is 2.14 bits per heavy atom. The van der Waals surface area contributed by atoms with Crippen LogP contribution < -0.4 is 10.2 Å². The highest BCUT2D eigenvalue weighted by atomic mass is 35.5. The number of nitrogens with zero attached hydrogens (tertiary/aromatic N) is 3. The fourth-order valence-electron chi connectivity index (χ4n) is 2.80. The van der Waals surface area contributed by atoms with E-state index in [1.165, 1.54) is 44.3 Å². The van der Waals surface area contributed by atoms with Crippen molar-refractivity contribution in [3.63, 3.8) is 0 Å². The van der Waals surface area contributed by atoms with E-state index in [0.29, 0.717) is 6.04 Å². The van der Waals surface area contributed by atoms with Gasteiger partial charge in [0, 0.05) is 38.9 Å². The molecule has 2 heterocycles. The number of likely N-dealkylation sites (N-methyl/N-ethyl adjacent to an activating group) is 1. The number of aromatic nitrogens is 1. The maximum Gasteiger partial charge on any atom is 0.147 e. The Kier molecular flexibility index (Phi) is 4.99. The van der Waals surface area contributed by atoms with Crippen LogP contribution in [0, 0.1) is 0 Å². The standard InChI is InChI=1S/C16H25ClN4/c1-20(8-9-21-6-2-3-7-21)16-15(17)10-13(12-19-16)11-18-14-4-5-14/h10,12,14,18H,2-9,11H2,1H3. The first-order chi connectivity index (χ1) is 10.2. The number of pyridine rings is 1. The highest BCUT2D eigenvalue weighted by Gasteiger charge is 2.20. The van der Waals surface area contributed by atoms with Gasteiger partial charge in [0.2, 0.25) is 0 Å². The Morgan fingerprint density at radius 3 is 2.81 bits per heavy atom. The Balaban J connectivity index is 1.52. The van der Waals surface area contributed by atoms with Gasteiger partial charge in [-0.2, -0.15) is 0 Å². The topological polar surface area (TPSA) is 31.4 Å². The van der Waals surface area contributed by atoms with Gasteiger partial charge in [0.1, 0.15) is 5.82 Å². The lowest BCUT2D eigenvalue weighted by Gasteiger charge is -2.23. The van der Waals surface area contributed by atoms with Crippen LogP contribution >= 0.6 is 11.6 Å². The van der Waals surface area contributed by atoms with Gasteiger partial charge in [0.05, 0.1) is 5.02 Å². The number of hydrogen-bond acceptors (Lipinski definition) is 4. The highest BCUT2D eigenvalue weighted by Crippen LogP contribution is 2.24. The van der Waals surface area contributed by atoms with Crippen molar-refractivity contribution in [3.8, 4) is 0 Å². The minimum atomic E-state index is 0.714. The predicted molar refractivity (Wildman–Crippen MR) is 88.1 cm³/mol. The molecule has 1 aliphatic carbocycles. The minimum absolute atomic E-state index is 0.714. The van der Waals surface area contributed by atoms with Gasteiger partial charge in [-0.15, -0.1) is 0 Å². The fraction of sp³-hybridized carbons (Fsp3) is 0.688. The molecule has 0 radical (unpaired) electrons. The third-order valence-corrected chi connectivity index (χ3v) is 4.64. The maximum atomic E-state index is 6.41. The van der Waals surface area contributed by atoms with Crippen molar-refractivity contribution >= 4 is 17.4 Å². The van der Waals surface area contributed by atoms with E-state index in [1.807, 2.05) is 12.3 Å². The molecule has 116 valence electrons. The molecule has 0 unspecified atom stereocenters.